The topological polar surface area (TPSA) is 104 Å². The van der Waals surface area contributed by atoms with E-state index in [0.717, 1.165) is 6.26 Å². The SMILES string of the molecule is C=CCN(C(=O)NC(CCS(C)(=O)=O)C(=O)O)C(C)C. The highest BCUT2D eigenvalue weighted by Crippen LogP contribution is 2.03. The number of rotatable bonds is 8. The van der Waals surface area contributed by atoms with E-state index in [1.165, 1.54) is 11.0 Å². The number of nitrogens with zero attached hydrogens (tertiary/aromatic N) is 1. The van der Waals surface area contributed by atoms with E-state index in [9.17, 15) is 18.0 Å². The fraction of sp³-hybridized carbons (Fsp3) is 0.667. The summed E-state index contributed by atoms with van der Waals surface area (Å²) in [7, 11) is -3.28. The van der Waals surface area contributed by atoms with Crippen LogP contribution in [0.25, 0.3) is 0 Å². The minimum absolute atomic E-state index is 0.127. The number of carboxylic acid groups (broad SMARTS) is 1. The highest BCUT2D eigenvalue weighted by atomic mass is 32.2. The van der Waals surface area contributed by atoms with Crippen LogP contribution in [0.4, 0.5) is 4.79 Å². The van der Waals surface area contributed by atoms with Gasteiger partial charge in [0.1, 0.15) is 15.9 Å². The Morgan fingerprint density at radius 2 is 1.95 bits per heavy atom. The molecular weight excluding hydrogens is 284 g/mol. The minimum atomic E-state index is -3.28. The predicted octanol–water partition coefficient (Wildman–Crippen LogP) is 0.480. The van der Waals surface area contributed by atoms with E-state index in [1.54, 1.807) is 13.8 Å². The summed E-state index contributed by atoms with van der Waals surface area (Å²) in [5.41, 5.74) is 0. The molecule has 0 aromatic heterocycles. The van der Waals surface area contributed by atoms with Crippen LogP contribution in [0.1, 0.15) is 20.3 Å². The molecule has 0 aliphatic heterocycles. The average molecular weight is 306 g/mol. The molecule has 1 unspecified atom stereocenters. The Kier molecular flexibility index (Phi) is 7.26. The van der Waals surface area contributed by atoms with Gasteiger partial charge in [-0.05, 0) is 20.3 Å². The van der Waals surface area contributed by atoms with Crippen LogP contribution in [-0.4, -0.2) is 61.1 Å². The third-order valence-corrected chi connectivity index (χ3v) is 3.56. The number of aliphatic carboxylic acids is 1. The van der Waals surface area contributed by atoms with Gasteiger partial charge in [-0.15, -0.1) is 6.58 Å². The maximum Gasteiger partial charge on any atom is 0.326 e. The second-order valence-electron chi connectivity index (χ2n) is 4.79. The first-order valence-corrected chi connectivity index (χ1v) is 8.23. The number of hydrogen-bond donors (Lipinski definition) is 2. The molecule has 0 saturated heterocycles. The molecule has 8 heteroatoms. The van der Waals surface area contributed by atoms with Crippen molar-refractivity contribution >= 4 is 21.8 Å². The van der Waals surface area contributed by atoms with Gasteiger partial charge < -0.3 is 15.3 Å². The van der Waals surface area contributed by atoms with Gasteiger partial charge in [0.15, 0.2) is 0 Å². The van der Waals surface area contributed by atoms with Crippen LogP contribution in [0.2, 0.25) is 0 Å². The second kappa shape index (κ2) is 7.88. The lowest BCUT2D eigenvalue weighted by molar-refractivity contribution is -0.139. The Bertz CT molecular complexity index is 458. The molecule has 0 aliphatic carbocycles. The third-order valence-electron chi connectivity index (χ3n) is 2.58. The van der Waals surface area contributed by atoms with E-state index in [4.69, 9.17) is 5.11 Å². The lowest BCUT2D eigenvalue weighted by atomic mass is 10.2. The molecule has 0 spiro atoms. The van der Waals surface area contributed by atoms with E-state index in [0.29, 0.717) is 0 Å². The molecular formula is C12H22N2O5S. The van der Waals surface area contributed by atoms with Crippen molar-refractivity contribution in [2.24, 2.45) is 0 Å². The fourth-order valence-electron chi connectivity index (χ4n) is 1.49. The van der Waals surface area contributed by atoms with Gasteiger partial charge in [0, 0.05) is 18.8 Å². The number of carbonyl (C=O) groups excluding carboxylic acids is 1. The van der Waals surface area contributed by atoms with Crippen molar-refractivity contribution in [3.05, 3.63) is 12.7 Å². The molecule has 0 aliphatic rings. The maximum absolute atomic E-state index is 12.0. The number of nitrogens with one attached hydrogen (secondary N) is 1. The number of sulfone groups is 1. The predicted molar refractivity (Wildman–Crippen MR) is 76.3 cm³/mol. The molecule has 0 radical (unpaired) electrons. The fourth-order valence-corrected chi connectivity index (χ4v) is 2.15. The number of carbonyl (C=O) groups is 2. The Hall–Kier alpha value is -1.57. The number of carboxylic acids is 1. The summed E-state index contributed by atoms with van der Waals surface area (Å²) in [6.07, 6.45) is 2.39. The summed E-state index contributed by atoms with van der Waals surface area (Å²) in [4.78, 5) is 24.4. The molecule has 7 nitrogen and oxygen atoms in total. The van der Waals surface area contributed by atoms with Crippen LogP contribution in [0.5, 0.6) is 0 Å². The van der Waals surface area contributed by atoms with E-state index in [2.05, 4.69) is 11.9 Å². The van der Waals surface area contributed by atoms with Crippen LogP contribution in [0.3, 0.4) is 0 Å². The Morgan fingerprint density at radius 1 is 1.40 bits per heavy atom. The molecule has 0 aromatic rings. The number of amides is 2. The van der Waals surface area contributed by atoms with Gasteiger partial charge in [0.25, 0.3) is 0 Å². The van der Waals surface area contributed by atoms with Crippen LogP contribution >= 0.6 is 0 Å². The Balaban J connectivity index is 4.77. The summed E-state index contributed by atoms with van der Waals surface area (Å²) < 4.78 is 22.1. The maximum atomic E-state index is 12.0. The second-order valence-corrected chi connectivity index (χ2v) is 7.05. The highest BCUT2D eigenvalue weighted by molar-refractivity contribution is 7.90. The number of urea groups is 1. The van der Waals surface area contributed by atoms with Gasteiger partial charge in [-0.1, -0.05) is 6.08 Å². The van der Waals surface area contributed by atoms with Gasteiger partial charge in [0.2, 0.25) is 0 Å². The molecule has 116 valence electrons. The Labute approximate surface area is 119 Å². The molecule has 2 N–H and O–H groups in total. The van der Waals surface area contributed by atoms with Crippen molar-refractivity contribution in [3.8, 4) is 0 Å². The van der Waals surface area contributed by atoms with Crippen LogP contribution in [0.15, 0.2) is 12.7 Å². The first kappa shape index (κ1) is 18.4. The molecule has 2 amide bonds. The standard InChI is InChI=1S/C12H22N2O5S/c1-5-7-14(9(2)3)12(17)13-10(11(15)16)6-8-20(4,18)19/h5,9-10H,1,6-8H2,2-4H3,(H,13,17)(H,15,16). The van der Waals surface area contributed by atoms with Gasteiger partial charge in [0.05, 0.1) is 5.75 Å². The summed E-state index contributed by atoms with van der Waals surface area (Å²) >= 11 is 0. The lowest BCUT2D eigenvalue weighted by Crippen LogP contribution is -2.50. The molecule has 0 heterocycles. The van der Waals surface area contributed by atoms with Gasteiger partial charge >= 0.3 is 12.0 Å². The van der Waals surface area contributed by atoms with Gasteiger partial charge in [-0.3, -0.25) is 0 Å². The Morgan fingerprint density at radius 3 is 2.30 bits per heavy atom. The molecule has 0 bridgehead atoms. The van der Waals surface area contributed by atoms with Crippen LogP contribution < -0.4 is 5.32 Å². The van der Waals surface area contributed by atoms with Crippen molar-refractivity contribution in [1.29, 1.82) is 0 Å². The third kappa shape index (κ3) is 7.13. The largest absolute Gasteiger partial charge is 0.480 e. The molecule has 0 saturated carbocycles. The first-order chi connectivity index (χ1) is 9.08. The normalized spacial score (nSPS) is 12.8. The van der Waals surface area contributed by atoms with E-state index >= 15 is 0 Å². The zero-order chi connectivity index (χ0) is 15.9. The zero-order valence-electron chi connectivity index (χ0n) is 12.0. The van der Waals surface area contributed by atoms with E-state index in [-0.39, 0.29) is 24.8 Å². The summed E-state index contributed by atoms with van der Waals surface area (Å²) in [5.74, 6) is -1.56. The van der Waals surface area contributed by atoms with Crippen molar-refractivity contribution in [2.45, 2.75) is 32.4 Å². The zero-order valence-corrected chi connectivity index (χ0v) is 12.8. The smallest absolute Gasteiger partial charge is 0.326 e. The van der Waals surface area contributed by atoms with E-state index in [1.807, 2.05) is 0 Å². The first-order valence-electron chi connectivity index (χ1n) is 6.17. The summed E-state index contributed by atoms with van der Waals surface area (Å²) in [5, 5.41) is 11.4. The average Bonchev–Trinajstić information content (AvgIpc) is 2.29. The molecule has 0 fully saturated rings. The molecule has 1 atom stereocenters. The van der Waals surface area contributed by atoms with Crippen LogP contribution in [0, 0.1) is 0 Å². The highest BCUT2D eigenvalue weighted by Gasteiger charge is 2.24. The lowest BCUT2D eigenvalue weighted by Gasteiger charge is -2.27. The number of hydrogen-bond acceptors (Lipinski definition) is 4. The van der Waals surface area contributed by atoms with Gasteiger partial charge in [-0.2, -0.15) is 0 Å². The van der Waals surface area contributed by atoms with E-state index < -0.39 is 27.9 Å². The minimum Gasteiger partial charge on any atom is -0.480 e. The van der Waals surface area contributed by atoms with Crippen LogP contribution in [-0.2, 0) is 14.6 Å². The molecule has 20 heavy (non-hydrogen) atoms. The quantitative estimate of drug-likeness (QED) is 0.635. The van der Waals surface area contributed by atoms with Crippen molar-refractivity contribution in [1.82, 2.24) is 10.2 Å². The summed E-state index contributed by atoms with van der Waals surface area (Å²) in [6.45, 7) is 7.38. The molecule has 0 rings (SSSR count). The monoisotopic (exact) mass is 306 g/mol. The van der Waals surface area contributed by atoms with Crippen molar-refractivity contribution in [2.75, 3.05) is 18.6 Å². The van der Waals surface area contributed by atoms with Crippen molar-refractivity contribution in [3.63, 3.8) is 0 Å². The van der Waals surface area contributed by atoms with Crippen molar-refractivity contribution < 1.29 is 23.1 Å². The molecule has 0 aromatic carbocycles. The summed E-state index contributed by atoms with van der Waals surface area (Å²) in [6, 6.07) is -1.92. The van der Waals surface area contributed by atoms with Gasteiger partial charge in [-0.25, -0.2) is 18.0 Å².